The van der Waals surface area contributed by atoms with Gasteiger partial charge in [0.1, 0.15) is 23.7 Å². The fourth-order valence-corrected chi connectivity index (χ4v) is 2.85. The lowest BCUT2D eigenvalue weighted by Gasteiger charge is -2.27. The SMILES string of the molecule is C=CCN1C(=O)/C(=C\c2cccc(OCc3ccc(F)cc3)c2)C(=O)NC1=S. The molecule has 142 valence electrons. The first-order chi connectivity index (χ1) is 13.5. The predicted octanol–water partition coefficient (Wildman–Crippen LogP) is 3.22. The lowest BCUT2D eigenvalue weighted by Crippen LogP contribution is -2.53. The standard InChI is InChI=1S/C21H17FN2O3S/c1-2-10-24-20(26)18(19(25)23-21(24)28)12-15-4-3-5-17(11-15)27-13-14-6-8-16(22)9-7-14/h2-9,11-12H,1,10,13H2,(H,23,25,28)/b18-12-. The Bertz CT molecular complexity index is 970. The summed E-state index contributed by atoms with van der Waals surface area (Å²) >= 11 is 5.03. The molecule has 3 rings (SSSR count). The number of halogens is 1. The molecular formula is C21H17FN2O3S. The van der Waals surface area contributed by atoms with Gasteiger partial charge in [0.15, 0.2) is 5.11 Å². The molecule has 1 saturated heterocycles. The van der Waals surface area contributed by atoms with Gasteiger partial charge in [0.2, 0.25) is 0 Å². The minimum atomic E-state index is -0.548. The van der Waals surface area contributed by atoms with Crippen LogP contribution in [-0.4, -0.2) is 28.4 Å². The Morgan fingerprint density at radius 2 is 1.93 bits per heavy atom. The summed E-state index contributed by atoms with van der Waals surface area (Å²) in [5.74, 6) is -0.780. The molecule has 0 radical (unpaired) electrons. The van der Waals surface area contributed by atoms with Crippen LogP contribution in [0.1, 0.15) is 11.1 Å². The van der Waals surface area contributed by atoms with Gasteiger partial charge in [-0.15, -0.1) is 6.58 Å². The van der Waals surface area contributed by atoms with Crippen LogP contribution < -0.4 is 10.1 Å². The lowest BCUT2D eigenvalue weighted by molar-refractivity contribution is -0.128. The number of benzene rings is 2. The Morgan fingerprint density at radius 1 is 1.18 bits per heavy atom. The zero-order chi connectivity index (χ0) is 20.1. The van der Waals surface area contributed by atoms with Gasteiger partial charge in [-0.3, -0.25) is 19.8 Å². The van der Waals surface area contributed by atoms with Crippen LogP contribution in [0.15, 0.2) is 66.8 Å². The summed E-state index contributed by atoms with van der Waals surface area (Å²) in [6, 6.07) is 13.0. The quantitative estimate of drug-likeness (QED) is 0.353. The minimum absolute atomic E-state index is 0.0221. The van der Waals surface area contributed by atoms with Gasteiger partial charge >= 0.3 is 0 Å². The van der Waals surface area contributed by atoms with E-state index in [0.717, 1.165) is 5.56 Å². The van der Waals surface area contributed by atoms with E-state index in [-0.39, 0.29) is 29.7 Å². The van der Waals surface area contributed by atoms with Crippen molar-refractivity contribution in [3.8, 4) is 5.75 Å². The highest BCUT2D eigenvalue weighted by Crippen LogP contribution is 2.20. The number of rotatable bonds is 6. The van der Waals surface area contributed by atoms with Crippen molar-refractivity contribution in [2.45, 2.75) is 6.61 Å². The number of carbonyl (C=O) groups excluding carboxylic acids is 2. The first-order valence-electron chi connectivity index (χ1n) is 8.45. The molecule has 1 aliphatic rings. The van der Waals surface area contributed by atoms with Crippen molar-refractivity contribution in [1.29, 1.82) is 0 Å². The molecule has 28 heavy (non-hydrogen) atoms. The third-order valence-electron chi connectivity index (χ3n) is 3.99. The van der Waals surface area contributed by atoms with Gasteiger partial charge in [0, 0.05) is 6.54 Å². The van der Waals surface area contributed by atoms with E-state index in [1.54, 1.807) is 36.4 Å². The topological polar surface area (TPSA) is 58.6 Å². The first-order valence-corrected chi connectivity index (χ1v) is 8.86. The molecule has 2 aromatic carbocycles. The van der Waals surface area contributed by atoms with Crippen LogP contribution in [0.25, 0.3) is 6.08 Å². The fraction of sp³-hybridized carbons (Fsp3) is 0.0952. The van der Waals surface area contributed by atoms with Crippen molar-refractivity contribution in [3.63, 3.8) is 0 Å². The molecule has 1 N–H and O–H groups in total. The Kier molecular flexibility index (Phi) is 5.96. The highest BCUT2D eigenvalue weighted by molar-refractivity contribution is 7.80. The minimum Gasteiger partial charge on any atom is -0.489 e. The van der Waals surface area contributed by atoms with E-state index in [2.05, 4.69) is 11.9 Å². The molecule has 1 fully saturated rings. The first kappa shape index (κ1) is 19.4. The highest BCUT2D eigenvalue weighted by Gasteiger charge is 2.32. The van der Waals surface area contributed by atoms with Gasteiger partial charge in [-0.1, -0.05) is 30.3 Å². The molecule has 5 nitrogen and oxygen atoms in total. The van der Waals surface area contributed by atoms with E-state index in [9.17, 15) is 14.0 Å². The number of hydrogen-bond acceptors (Lipinski definition) is 4. The Balaban J connectivity index is 1.78. The van der Waals surface area contributed by atoms with E-state index in [1.165, 1.54) is 29.2 Å². The summed E-state index contributed by atoms with van der Waals surface area (Å²) in [5, 5.41) is 2.56. The van der Waals surface area contributed by atoms with Gasteiger partial charge in [0.25, 0.3) is 11.8 Å². The Labute approximate surface area is 167 Å². The van der Waals surface area contributed by atoms with Gasteiger partial charge in [-0.05, 0) is 53.7 Å². The maximum Gasteiger partial charge on any atom is 0.265 e. The number of thiocarbonyl (C=S) groups is 1. The summed E-state index contributed by atoms with van der Waals surface area (Å²) in [7, 11) is 0. The van der Waals surface area contributed by atoms with Crippen LogP contribution in [0.2, 0.25) is 0 Å². The molecule has 0 unspecified atom stereocenters. The summed E-state index contributed by atoms with van der Waals surface area (Å²) in [6.45, 7) is 4.06. The van der Waals surface area contributed by atoms with Crippen LogP contribution in [0, 0.1) is 5.82 Å². The van der Waals surface area contributed by atoms with E-state index in [0.29, 0.717) is 11.3 Å². The molecule has 0 aliphatic carbocycles. The molecule has 1 heterocycles. The largest absolute Gasteiger partial charge is 0.489 e. The smallest absolute Gasteiger partial charge is 0.265 e. The maximum absolute atomic E-state index is 13.0. The number of amides is 2. The normalized spacial score (nSPS) is 15.5. The van der Waals surface area contributed by atoms with Gasteiger partial charge in [-0.2, -0.15) is 0 Å². The number of ether oxygens (including phenoxy) is 1. The molecule has 7 heteroatoms. The molecule has 2 aromatic rings. The monoisotopic (exact) mass is 396 g/mol. The Hall–Kier alpha value is -3.32. The van der Waals surface area contributed by atoms with Crippen molar-refractivity contribution in [2.24, 2.45) is 0 Å². The number of nitrogens with one attached hydrogen (secondary N) is 1. The van der Waals surface area contributed by atoms with Crippen LogP contribution in [0.3, 0.4) is 0 Å². The highest BCUT2D eigenvalue weighted by atomic mass is 32.1. The van der Waals surface area contributed by atoms with Gasteiger partial charge in [-0.25, -0.2) is 4.39 Å². The molecule has 0 saturated carbocycles. The number of nitrogens with zero attached hydrogens (tertiary/aromatic N) is 1. The van der Waals surface area contributed by atoms with E-state index in [4.69, 9.17) is 17.0 Å². The third kappa shape index (κ3) is 4.50. The number of hydrogen-bond donors (Lipinski definition) is 1. The maximum atomic E-state index is 13.0. The lowest BCUT2D eigenvalue weighted by atomic mass is 10.1. The van der Waals surface area contributed by atoms with Crippen LogP contribution >= 0.6 is 12.2 Å². The van der Waals surface area contributed by atoms with Gasteiger partial charge < -0.3 is 4.74 Å². The molecule has 0 spiro atoms. The van der Waals surface area contributed by atoms with Crippen LogP contribution in [0.5, 0.6) is 5.75 Å². The van der Waals surface area contributed by atoms with Crippen molar-refractivity contribution < 1.29 is 18.7 Å². The zero-order valence-corrected chi connectivity index (χ0v) is 15.7. The third-order valence-corrected chi connectivity index (χ3v) is 4.31. The zero-order valence-electron chi connectivity index (χ0n) is 14.9. The van der Waals surface area contributed by atoms with Crippen LogP contribution in [-0.2, 0) is 16.2 Å². The molecule has 0 atom stereocenters. The van der Waals surface area contributed by atoms with Gasteiger partial charge in [0.05, 0.1) is 0 Å². The van der Waals surface area contributed by atoms with Crippen molar-refractivity contribution in [2.75, 3.05) is 6.54 Å². The average molecular weight is 396 g/mol. The summed E-state index contributed by atoms with van der Waals surface area (Å²) in [6.07, 6.45) is 3.02. The second kappa shape index (κ2) is 8.58. The summed E-state index contributed by atoms with van der Waals surface area (Å²) in [5.41, 5.74) is 1.42. The van der Waals surface area contributed by atoms with Crippen molar-refractivity contribution in [3.05, 3.63) is 83.7 Å². The molecule has 0 bridgehead atoms. The molecule has 0 aromatic heterocycles. The molecular weight excluding hydrogens is 379 g/mol. The van der Waals surface area contributed by atoms with Crippen molar-refractivity contribution >= 4 is 35.2 Å². The second-order valence-corrected chi connectivity index (χ2v) is 6.40. The molecule has 2 amide bonds. The van der Waals surface area contributed by atoms with E-state index >= 15 is 0 Å². The summed E-state index contributed by atoms with van der Waals surface area (Å²) < 4.78 is 18.7. The number of carbonyl (C=O) groups is 2. The second-order valence-electron chi connectivity index (χ2n) is 6.01. The van der Waals surface area contributed by atoms with Crippen molar-refractivity contribution in [1.82, 2.24) is 10.2 Å². The molecule has 1 aliphatic heterocycles. The summed E-state index contributed by atoms with van der Waals surface area (Å²) in [4.78, 5) is 26.0. The average Bonchev–Trinajstić information content (AvgIpc) is 2.68. The fourth-order valence-electron chi connectivity index (χ4n) is 2.60. The van der Waals surface area contributed by atoms with E-state index < -0.39 is 11.8 Å². The Morgan fingerprint density at radius 3 is 2.64 bits per heavy atom. The van der Waals surface area contributed by atoms with E-state index in [1.807, 2.05) is 0 Å². The van der Waals surface area contributed by atoms with Crippen LogP contribution in [0.4, 0.5) is 4.39 Å². The predicted molar refractivity (Wildman–Crippen MR) is 108 cm³/mol.